The van der Waals surface area contributed by atoms with Crippen LogP contribution in [0.2, 0.25) is 0 Å². The van der Waals surface area contributed by atoms with E-state index in [1.807, 2.05) is 0 Å². The largest absolute Gasteiger partial charge is 0.507 e. The first-order valence-electron chi connectivity index (χ1n) is 6.92. The van der Waals surface area contributed by atoms with Gasteiger partial charge < -0.3 is 14.6 Å². The fourth-order valence-electron chi connectivity index (χ4n) is 2.03. The number of benzene rings is 2. The Morgan fingerprint density at radius 1 is 1.09 bits per heavy atom. The summed E-state index contributed by atoms with van der Waals surface area (Å²) in [6, 6.07) is 11.7. The Bertz CT molecular complexity index is 741. The Morgan fingerprint density at radius 3 is 2.48 bits per heavy atom. The maximum atomic E-state index is 12.2. The molecule has 0 aliphatic carbocycles. The summed E-state index contributed by atoms with van der Waals surface area (Å²) in [5.41, 5.74) is 3.81. The smallest absolute Gasteiger partial charge is 0.275 e. The molecule has 0 aliphatic rings. The average molecular weight is 314 g/mol. The van der Waals surface area contributed by atoms with E-state index in [-0.39, 0.29) is 5.75 Å². The molecule has 0 saturated carbocycles. The van der Waals surface area contributed by atoms with E-state index < -0.39 is 5.91 Å². The molecule has 2 N–H and O–H groups in total. The molecule has 0 heterocycles. The third kappa shape index (κ3) is 3.79. The van der Waals surface area contributed by atoms with Gasteiger partial charge in [0.15, 0.2) is 0 Å². The number of phenols is 1. The monoisotopic (exact) mass is 314 g/mol. The zero-order valence-electron chi connectivity index (χ0n) is 13.2. The molecule has 0 fully saturated rings. The normalized spacial score (nSPS) is 11.0. The highest BCUT2D eigenvalue weighted by Gasteiger charge is 2.11. The summed E-state index contributed by atoms with van der Waals surface area (Å²) in [4.78, 5) is 12.2. The lowest BCUT2D eigenvalue weighted by Gasteiger charge is -2.08. The maximum Gasteiger partial charge on any atom is 0.275 e. The van der Waals surface area contributed by atoms with Gasteiger partial charge in [-0.3, -0.25) is 4.79 Å². The van der Waals surface area contributed by atoms with Crippen molar-refractivity contribution in [2.45, 2.75) is 6.92 Å². The van der Waals surface area contributed by atoms with E-state index >= 15 is 0 Å². The minimum Gasteiger partial charge on any atom is -0.507 e. The summed E-state index contributed by atoms with van der Waals surface area (Å²) in [6.07, 6.45) is 0. The van der Waals surface area contributed by atoms with Crippen molar-refractivity contribution in [3.05, 3.63) is 53.6 Å². The predicted molar refractivity (Wildman–Crippen MR) is 87.3 cm³/mol. The van der Waals surface area contributed by atoms with Gasteiger partial charge in [-0.2, -0.15) is 5.10 Å². The summed E-state index contributed by atoms with van der Waals surface area (Å²) in [5, 5.41) is 14.0. The number of amides is 1. The molecular weight excluding hydrogens is 296 g/mol. The number of phenolic OH excluding ortho intramolecular Hbond substituents is 1. The van der Waals surface area contributed by atoms with Gasteiger partial charge in [0.1, 0.15) is 17.2 Å². The molecule has 0 aliphatic heterocycles. The summed E-state index contributed by atoms with van der Waals surface area (Å²) in [6.45, 7) is 1.68. The van der Waals surface area contributed by atoms with E-state index in [0.717, 1.165) is 0 Å². The van der Waals surface area contributed by atoms with Gasteiger partial charge in [0.05, 0.1) is 25.5 Å². The van der Waals surface area contributed by atoms with E-state index in [2.05, 4.69) is 10.5 Å². The van der Waals surface area contributed by atoms with Gasteiger partial charge in [0.2, 0.25) is 0 Å². The SMILES string of the molecule is COc1ccc(/C(C)=N/NC(=O)c2ccccc2OC)c(O)c1. The number of carbonyl (C=O) groups is 1. The van der Waals surface area contributed by atoms with Crippen LogP contribution in [0.5, 0.6) is 17.2 Å². The molecule has 0 bridgehead atoms. The molecule has 2 aromatic carbocycles. The summed E-state index contributed by atoms with van der Waals surface area (Å²) in [7, 11) is 3.01. The van der Waals surface area contributed by atoms with Gasteiger partial charge in [-0.25, -0.2) is 5.43 Å². The molecule has 0 atom stereocenters. The van der Waals surface area contributed by atoms with E-state index in [4.69, 9.17) is 9.47 Å². The number of aromatic hydroxyl groups is 1. The van der Waals surface area contributed by atoms with Crippen LogP contribution in [0, 0.1) is 0 Å². The summed E-state index contributed by atoms with van der Waals surface area (Å²) >= 11 is 0. The van der Waals surface area contributed by atoms with Gasteiger partial charge in [0.25, 0.3) is 5.91 Å². The number of hydrogen-bond donors (Lipinski definition) is 2. The Balaban J connectivity index is 2.17. The number of nitrogens with one attached hydrogen (secondary N) is 1. The molecule has 1 amide bonds. The van der Waals surface area contributed by atoms with Crippen molar-refractivity contribution in [3.8, 4) is 17.2 Å². The van der Waals surface area contributed by atoms with Crippen LogP contribution in [0.3, 0.4) is 0 Å². The Labute approximate surface area is 134 Å². The van der Waals surface area contributed by atoms with Crippen LogP contribution in [0.4, 0.5) is 0 Å². The minimum atomic E-state index is -0.394. The van der Waals surface area contributed by atoms with Crippen LogP contribution in [-0.2, 0) is 0 Å². The number of hydrazone groups is 1. The highest BCUT2D eigenvalue weighted by Crippen LogP contribution is 2.24. The van der Waals surface area contributed by atoms with E-state index in [1.54, 1.807) is 43.3 Å². The van der Waals surface area contributed by atoms with E-state index in [9.17, 15) is 9.90 Å². The highest BCUT2D eigenvalue weighted by molar-refractivity contribution is 6.03. The highest BCUT2D eigenvalue weighted by atomic mass is 16.5. The first kappa shape index (κ1) is 16.4. The molecule has 2 rings (SSSR count). The van der Waals surface area contributed by atoms with Crippen molar-refractivity contribution in [1.82, 2.24) is 5.43 Å². The third-order valence-corrected chi connectivity index (χ3v) is 3.27. The van der Waals surface area contributed by atoms with Crippen molar-refractivity contribution in [2.75, 3.05) is 14.2 Å². The zero-order valence-corrected chi connectivity index (χ0v) is 13.2. The van der Waals surface area contributed by atoms with Gasteiger partial charge in [-0.15, -0.1) is 0 Å². The summed E-state index contributed by atoms with van der Waals surface area (Å²) < 4.78 is 10.2. The quantitative estimate of drug-likeness (QED) is 0.656. The van der Waals surface area contributed by atoms with Crippen LogP contribution in [0.1, 0.15) is 22.8 Å². The lowest BCUT2D eigenvalue weighted by Crippen LogP contribution is -2.20. The molecule has 0 radical (unpaired) electrons. The van der Waals surface area contributed by atoms with Crippen LogP contribution in [0.15, 0.2) is 47.6 Å². The molecule has 0 aromatic heterocycles. The van der Waals surface area contributed by atoms with Crippen LogP contribution < -0.4 is 14.9 Å². The Hall–Kier alpha value is -3.02. The number of rotatable bonds is 5. The molecule has 0 unspecified atom stereocenters. The van der Waals surface area contributed by atoms with Crippen molar-refractivity contribution in [3.63, 3.8) is 0 Å². The molecule has 23 heavy (non-hydrogen) atoms. The average Bonchev–Trinajstić information content (AvgIpc) is 2.59. The van der Waals surface area contributed by atoms with Gasteiger partial charge in [-0.05, 0) is 31.2 Å². The maximum absolute atomic E-state index is 12.2. The number of hydrogen-bond acceptors (Lipinski definition) is 5. The second kappa shape index (κ2) is 7.31. The molecule has 6 nitrogen and oxygen atoms in total. The van der Waals surface area contributed by atoms with Crippen molar-refractivity contribution < 1.29 is 19.4 Å². The fraction of sp³-hybridized carbons (Fsp3) is 0.176. The second-order valence-electron chi connectivity index (χ2n) is 4.72. The molecule has 0 spiro atoms. The Kier molecular flexibility index (Phi) is 5.19. The van der Waals surface area contributed by atoms with Crippen molar-refractivity contribution >= 4 is 11.6 Å². The van der Waals surface area contributed by atoms with Gasteiger partial charge in [0, 0.05) is 11.6 Å². The molecule has 6 heteroatoms. The second-order valence-corrected chi connectivity index (χ2v) is 4.72. The number of methoxy groups -OCH3 is 2. The molecule has 120 valence electrons. The zero-order chi connectivity index (χ0) is 16.8. The van der Waals surface area contributed by atoms with Gasteiger partial charge >= 0.3 is 0 Å². The molecule has 2 aromatic rings. The number of para-hydroxylation sites is 1. The lowest BCUT2D eigenvalue weighted by atomic mass is 10.1. The van der Waals surface area contributed by atoms with Crippen molar-refractivity contribution in [2.24, 2.45) is 5.10 Å². The van der Waals surface area contributed by atoms with Crippen LogP contribution >= 0.6 is 0 Å². The fourth-order valence-corrected chi connectivity index (χ4v) is 2.03. The van der Waals surface area contributed by atoms with Crippen molar-refractivity contribution in [1.29, 1.82) is 0 Å². The molecular formula is C17H18N2O4. The standard InChI is InChI=1S/C17H18N2O4/c1-11(13-9-8-12(22-2)10-15(13)20)18-19-17(21)14-6-4-5-7-16(14)23-3/h4-10,20H,1-3H3,(H,19,21)/b18-11+. The third-order valence-electron chi connectivity index (χ3n) is 3.27. The lowest BCUT2D eigenvalue weighted by molar-refractivity contribution is 0.0952. The molecule has 0 saturated heterocycles. The van der Waals surface area contributed by atoms with Crippen LogP contribution in [0.25, 0.3) is 0 Å². The van der Waals surface area contributed by atoms with E-state index in [1.165, 1.54) is 20.3 Å². The Morgan fingerprint density at radius 2 is 1.83 bits per heavy atom. The predicted octanol–water partition coefficient (Wildman–Crippen LogP) is 2.56. The number of ether oxygens (including phenoxy) is 2. The minimum absolute atomic E-state index is 0.0251. The van der Waals surface area contributed by atoms with E-state index in [0.29, 0.717) is 28.3 Å². The van der Waals surface area contributed by atoms with Crippen LogP contribution in [-0.4, -0.2) is 30.9 Å². The summed E-state index contributed by atoms with van der Waals surface area (Å²) in [5.74, 6) is 0.634. The number of nitrogens with zero attached hydrogens (tertiary/aromatic N) is 1. The number of carbonyl (C=O) groups excluding carboxylic acids is 1. The first-order valence-corrected chi connectivity index (χ1v) is 6.92. The first-order chi connectivity index (χ1) is 11.1. The van der Waals surface area contributed by atoms with Gasteiger partial charge in [-0.1, -0.05) is 12.1 Å². The topological polar surface area (TPSA) is 80.2 Å².